The summed E-state index contributed by atoms with van der Waals surface area (Å²) in [6.45, 7) is -0.493. The number of phenolic OH excluding ortho intramolecular Hbond substituents is 1. The Morgan fingerprint density at radius 1 is 1.15 bits per heavy atom. The molecule has 0 radical (unpaired) electrons. The van der Waals surface area contributed by atoms with Gasteiger partial charge in [0.1, 0.15) is 29.4 Å². The molecule has 3 atom stereocenters. The van der Waals surface area contributed by atoms with E-state index in [4.69, 9.17) is 8.85 Å². The second-order valence-corrected chi connectivity index (χ2v) is 10.8. The Morgan fingerprint density at radius 3 is 2.83 bits per heavy atom. The number of ether oxygens (including phenoxy) is 1. The maximum absolute atomic E-state index is 16.5. The molecule has 8 nitrogen and oxygen atoms in total. The molecule has 4 fully saturated rings. The summed E-state index contributed by atoms with van der Waals surface area (Å²) in [5.41, 5.74) is -0.582. The minimum absolute atomic E-state index is 0.00180. The summed E-state index contributed by atoms with van der Waals surface area (Å²) in [7, 11) is 0. The lowest BCUT2D eigenvalue weighted by atomic mass is 9.93. The third-order valence-electron chi connectivity index (χ3n) is 8.29. The Kier molecular flexibility index (Phi) is 5.37. The average Bonchev–Trinajstić information content (AvgIpc) is 3.48. The Hall–Kier alpha value is -3.70. The number of nitrogens with zero attached hydrogens (tertiary/aromatic N) is 5. The molecule has 4 aliphatic heterocycles. The van der Waals surface area contributed by atoms with E-state index in [1.807, 2.05) is 0 Å². The second-order valence-electron chi connectivity index (χ2n) is 10.8. The fraction of sp³-hybridized carbons (Fsp3) is 0.414. The quantitative estimate of drug-likeness (QED) is 0.377. The highest BCUT2D eigenvalue weighted by Gasteiger charge is 2.36. The van der Waals surface area contributed by atoms with E-state index in [1.165, 1.54) is 23.2 Å². The van der Waals surface area contributed by atoms with Crippen LogP contribution in [0.25, 0.3) is 32.9 Å². The molecule has 0 saturated carbocycles. The first-order valence-corrected chi connectivity index (χ1v) is 13.5. The molecule has 6 heterocycles. The number of fused-ring (bicyclic) bond motifs is 5. The van der Waals surface area contributed by atoms with Crippen LogP contribution in [0.2, 0.25) is 0 Å². The van der Waals surface area contributed by atoms with Gasteiger partial charge in [0.05, 0.1) is 5.39 Å². The largest absolute Gasteiger partial charge is 0.508 e. The number of aromatic nitrogens is 3. The van der Waals surface area contributed by atoms with E-state index in [0.717, 1.165) is 31.5 Å². The van der Waals surface area contributed by atoms with Crippen LogP contribution >= 0.6 is 0 Å². The van der Waals surface area contributed by atoms with Gasteiger partial charge in [-0.3, -0.25) is 4.98 Å². The van der Waals surface area contributed by atoms with Gasteiger partial charge in [0.15, 0.2) is 17.5 Å². The summed E-state index contributed by atoms with van der Waals surface area (Å²) in [5.74, 6) is -3.05. The first-order chi connectivity index (χ1) is 20.6. The third kappa shape index (κ3) is 4.19. The number of pyridine rings is 1. The van der Waals surface area contributed by atoms with Gasteiger partial charge in [-0.2, -0.15) is 9.97 Å². The van der Waals surface area contributed by atoms with Gasteiger partial charge in [-0.1, -0.05) is 6.07 Å². The van der Waals surface area contributed by atoms with Crippen molar-refractivity contribution < 1.29 is 27.1 Å². The molecule has 4 aromatic rings. The Bertz CT molecular complexity index is 1730. The van der Waals surface area contributed by atoms with Gasteiger partial charge in [0.2, 0.25) is 0 Å². The highest BCUT2D eigenvalue weighted by Crippen LogP contribution is 2.39. The number of nitrogens with one attached hydrogen (secondary N) is 1. The van der Waals surface area contributed by atoms with Crippen LogP contribution in [0.3, 0.4) is 0 Å². The molecule has 2 bridgehead atoms. The maximum Gasteiger partial charge on any atom is 0.319 e. The molecule has 4 saturated heterocycles. The number of phenols is 1. The van der Waals surface area contributed by atoms with Crippen molar-refractivity contribution in [3.8, 4) is 23.0 Å². The zero-order valence-electron chi connectivity index (χ0n) is 24.5. The molecule has 208 valence electrons. The van der Waals surface area contributed by atoms with Crippen LogP contribution in [0.4, 0.5) is 19.0 Å². The van der Waals surface area contributed by atoms with E-state index in [0.29, 0.717) is 37.1 Å². The Balaban J connectivity index is 1.36. The number of aromatic hydroxyl groups is 1. The summed E-state index contributed by atoms with van der Waals surface area (Å²) >= 11 is 0. The van der Waals surface area contributed by atoms with Crippen molar-refractivity contribution in [1.82, 2.24) is 25.2 Å². The number of likely N-dealkylation sites (N-methyl/N-ethyl adjacent to an activating group) is 1. The van der Waals surface area contributed by atoms with Crippen LogP contribution in [0.15, 0.2) is 30.5 Å². The summed E-state index contributed by atoms with van der Waals surface area (Å²) in [6.07, 6.45) is 4.66. The van der Waals surface area contributed by atoms with Gasteiger partial charge in [0.25, 0.3) is 0 Å². The van der Waals surface area contributed by atoms with Crippen molar-refractivity contribution in [1.29, 1.82) is 0 Å². The Morgan fingerprint density at radius 2 is 2.05 bits per heavy atom. The lowest BCUT2D eigenvalue weighted by molar-refractivity contribution is 0.188. The number of halogens is 3. The SMILES string of the molecule is [2H]C([2H])([2H])N1CCC[C@H]1COc1nc(N2CC3CCC2CN3)c2cnc(-c3cc(O)cc4ccc(F)c(F)c34)c(F)c2n1. The normalized spacial score (nSPS) is 24.4. The molecule has 2 unspecified atom stereocenters. The minimum atomic E-state index is -2.27. The van der Waals surface area contributed by atoms with Crippen molar-refractivity contribution >= 4 is 27.5 Å². The molecular formula is C29H29F3N6O2. The standard InChI is InChI=1S/C29H29F3N6O2/c1-37-8-2-3-18(37)14-40-29-35-27-21(28(36-29)38-13-16-5-6-17(38)11-33-16)12-34-26(25(27)32)20-10-19(39)9-15-4-7-22(30)24(31)23(15)20/h4,7,9-10,12,16-18,33,39H,2-3,5-6,8,11,13-14H2,1H3/t16?,17?,18-/m0/s1/i1D3. The van der Waals surface area contributed by atoms with Crippen LogP contribution in [0.1, 0.15) is 29.8 Å². The number of benzene rings is 2. The molecule has 40 heavy (non-hydrogen) atoms. The predicted octanol–water partition coefficient (Wildman–Crippen LogP) is 4.38. The van der Waals surface area contributed by atoms with E-state index in [-0.39, 0.29) is 64.0 Å². The monoisotopic (exact) mass is 553 g/mol. The molecule has 8 rings (SSSR count). The van der Waals surface area contributed by atoms with Crippen molar-refractivity contribution in [3.63, 3.8) is 0 Å². The number of hydrogen-bond acceptors (Lipinski definition) is 8. The minimum Gasteiger partial charge on any atom is -0.508 e. The lowest BCUT2D eigenvalue weighted by Crippen LogP contribution is -2.61. The molecule has 0 spiro atoms. The van der Waals surface area contributed by atoms with E-state index < -0.39 is 24.4 Å². The van der Waals surface area contributed by atoms with Gasteiger partial charge in [-0.15, -0.1) is 0 Å². The van der Waals surface area contributed by atoms with E-state index in [2.05, 4.69) is 25.2 Å². The zero-order chi connectivity index (χ0) is 30.0. The molecular weight excluding hydrogens is 521 g/mol. The van der Waals surface area contributed by atoms with Crippen molar-refractivity contribution in [3.05, 3.63) is 47.9 Å². The number of hydrogen-bond donors (Lipinski definition) is 2. The summed E-state index contributed by atoms with van der Waals surface area (Å²) < 4.78 is 75.3. The summed E-state index contributed by atoms with van der Waals surface area (Å²) in [4.78, 5) is 16.9. The lowest BCUT2D eigenvalue weighted by Gasteiger charge is -2.46. The molecule has 2 aromatic carbocycles. The molecule has 2 N–H and O–H groups in total. The second kappa shape index (κ2) is 9.74. The van der Waals surface area contributed by atoms with Gasteiger partial charge in [-0.25, -0.2) is 13.2 Å². The fourth-order valence-electron chi connectivity index (χ4n) is 6.21. The average molecular weight is 554 g/mol. The van der Waals surface area contributed by atoms with Crippen molar-refractivity contribution in [2.24, 2.45) is 0 Å². The van der Waals surface area contributed by atoms with E-state index in [9.17, 15) is 9.50 Å². The summed E-state index contributed by atoms with van der Waals surface area (Å²) in [5, 5.41) is 14.1. The van der Waals surface area contributed by atoms with Gasteiger partial charge in [-0.05, 0) is 62.8 Å². The summed E-state index contributed by atoms with van der Waals surface area (Å²) in [6, 6.07) is 4.46. The van der Waals surface area contributed by atoms with Gasteiger partial charge in [0, 0.05) is 52.5 Å². The molecule has 0 amide bonds. The van der Waals surface area contributed by atoms with Crippen molar-refractivity contribution in [2.45, 2.75) is 43.8 Å². The third-order valence-corrected chi connectivity index (χ3v) is 8.29. The number of rotatable bonds is 5. The van der Waals surface area contributed by atoms with Crippen LogP contribution in [0.5, 0.6) is 11.8 Å². The van der Waals surface area contributed by atoms with Crippen LogP contribution in [-0.4, -0.2) is 76.3 Å². The fourth-order valence-corrected chi connectivity index (χ4v) is 6.21. The molecule has 4 aliphatic rings. The molecule has 0 aliphatic carbocycles. The predicted molar refractivity (Wildman–Crippen MR) is 145 cm³/mol. The Labute approximate surface area is 233 Å². The number of piperazine rings is 1. The maximum atomic E-state index is 16.5. The van der Waals surface area contributed by atoms with Crippen LogP contribution < -0.4 is 15.0 Å². The van der Waals surface area contributed by atoms with Gasteiger partial charge < -0.3 is 25.0 Å². The number of piperidine rings is 2. The number of anilines is 1. The topological polar surface area (TPSA) is 86.6 Å². The molecule has 11 heteroatoms. The highest BCUT2D eigenvalue weighted by molar-refractivity contribution is 6.00. The van der Waals surface area contributed by atoms with E-state index >= 15 is 8.78 Å². The smallest absolute Gasteiger partial charge is 0.319 e. The first kappa shape index (κ1) is 22.0. The number of likely N-dealkylation sites (tertiary alicyclic amines) is 1. The zero-order valence-corrected chi connectivity index (χ0v) is 21.5. The highest BCUT2D eigenvalue weighted by atomic mass is 19.2. The van der Waals surface area contributed by atoms with Crippen LogP contribution in [-0.2, 0) is 0 Å². The van der Waals surface area contributed by atoms with Crippen molar-refractivity contribution in [2.75, 3.05) is 38.1 Å². The molecule has 2 aromatic heterocycles. The van der Waals surface area contributed by atoms with Gasteiger partial charge >= 0.3 is 6.01 Å². The van der Waals surface area contributed by atoms with E-state index in [1.54, 1.807) is 0 Å². The van der Waals surface area contributed by atoms with Crippen LogP contribution in [0, 0.1) is 17.5 Å². The first-order valence-electron chi connectivity index (χ1n) is 15.0.